The Labute approximate surface area is 253 Å². The van der Waals surface area contributed by atoms with E-state index in [0.29, 0.717) is 56.0 Å². The van der Waals surface area contributed by atoms with Gasteiger partial charge in [-0.2, -0.15) is 23.5 Å². The van der Waals surface area contributed by atoms with Gasteiger partial charge in [0, 0.05) is 44.8 Å². The number of hydrogen-bond donors (Lipinski definition) is 0. The van der Waals surface area contributed by atoms with E-state index < -0.39 is 23.3 Å². The van der Waals surface area contributed by atoms with Gasteiger partial charge in [-0.3, -0.25) is 14.5 Å². The summed E-state index contributed by atoms with van der Waals surface area (Å²) in [4.78, 5) is 36.5. The van der Waals surface area contributed by atoms with Crippen LogP contribution in [-0.2, 0) is 23.9 Å². The number of nitriles is 1. The van der Waals surface area contributed by atoms with E-state index in [1.807, 2.05) is 11.0 Å². The number of nitrogens with zero attached hydrogens (tertiary/aromatic N) is 7. The maximum absolute atomic E-state index is 14.2. The standard InChI is InChI=1S/C31H34F3N7O3/c1-20(29(42)40-14-12-39(13-15-40)26-11-6-22(16-35)17-36-26)38(2)19-23-7-10-25-27(31(32,33)34)30(43)41(37-28(23)25)18-21-4-8-24(44-3)9-5-21/h4-6,8-9,11,17,20,23H,7,10,12-15,18-19H2,1-3H3/t20-,23?/m1/s1. The van der Waals surface area contributed by atoms with Gasteiger partial charge in [-0.05, 0) is 62.2 Å². The number of aromatic nitrogens is 3. The average Bonchev–Trinajstić information content (AvgIpc) is 3.41. The quantitative estimate of drug-likeness (QED) is 0.383. The largest absolute Gasteiger partial charge is 0.497 e. The zero-order valence-electron chi connectivity index (χ0n) is 24.8. The zero-order valence-corrected chi connectivity index (χ0v) is 24.8. The van der Waals surface area contributed by atoms with Crippen LogP contribution in [0.5, 0.6) is 5.75 Å². The summed E-state index contributed by atoms with van der Waals surface area (Å²) in [6.07, 6.45) is -2.79. The third kappa shape index (κ3) is 6.40. The van der Waals surface area contributed by atoms with E-state index in [1.165, 1.54) is 13.3 Å². The van der Waals surface area contributed by atoms with Crippen LogP contribution < -0.4 is 15.2 Å². The summed E-state index contributed by atoms with van der Waals surface area (Å²) in [6, 6.07) is 11.8. The van der Waals surface area contributed by atoms with Gasteiger partial charge in [-0.1, -0.05) is 12.1 Å². The molecule has 0 radical (unpaired) electrons. The lowest BCUT2D eigenvalue weighted by atomic mass is 10.0. The van der Waals surface area contributed by atoms with Gasteiger partial charge in [0.2, 0.25) is 5.91 Å². The van der Waals surface area contributed by atoms with Crippen molar-refractivity contribution in [3.63, 3.8) is 0 Å². The van der Waals surface area contributed by atoms with E-state index in [4.69, 9.17) is 10.00 Å². The Kier molecular flexibility index (Phi) is 8.92. The highest BCUT2D eigenvalue weighted by Crippen LogP contribution is 2.39. The zero-order chi connectivity index (χ0) is 31.6. The van der Waals surface area contributed by atoms with Crippen molar-refractivity contribution in [3.8, 4) is 11.8 Å². The number of likely N-dealkylation sites (N-methyl/N-ethyl adjacent to an activating group) is 1. The SMILES string of the molecule is COc1ccc(Cn2nc3c(c(C(F)(F)F)c2=O)CCC3CN(C)[C@H](C)C(=O)N2CCN(c3ccc(C#N)cn3)CC2)cc1. The fourth-order valence-corrected chi connectivity index (χ4v) is 5.89. The third-order valence-corrected chi connectivity index (χ3v) is 8.51. The molecule has 13 heteroatoms. The Bertz CT molecular complexity index is 1590. The fraction of sp³-hybridized carbons (Fsp3) is 0.452. The first-order valence-corrected chi connectivity index (χ1v) is 14.4. The van der Waals surface area contributed by atoms with E-state index >= 15 is 0 Å². The molecule has 10 nitrogen and oxygen atoms in total. The Hall–Kier alpha value is -4.44. The van der Waals surface area contributed by atoms with Crippen LogP contribution in [0.4, 0.5) is 19.0 Å². The predicted octanol–water partition coefficient (Wildman–Crippen LogP) is 3.28. The molecule has 1 aliphatic heterocycles. The number of ether oxygens (including phenoxy) is 1. The van der Waals surface area contributed by atoms with E-state index in [-0.39, 0.29) is 36.0 Å². The molecular formula is C31H34F3N7O3. The number of methoxy groups -OCH3 is 1. The number of halogens is 3. The molecule has 2 aromatic heterocycles. The molecule has 1 amide bonds. The first-order chi connectivity index (χ1) is 21.0. The number of piperazine rings is 1. The molecule has 1 aliphatic carbocycles. The third-order valence-electron chi connectivity index (χ3n) is 8.51. The van der Waals surface area contributed by atoms with Gasteiger partial charge in [-0.25, -0.2) is 9.67 Å². The molecule has 2 aliphatic rings. The van der Waals surface area contributed by atoms with E-state index in [0.717, 1.165) is 10.5 Å². The van der Waals surface area contributed by atoms with Crippen molar-refractivity contribution >= 4 is 11.7 Å². The molecule has 0 bridgehead atoms. The molecule has 1 fully saturated rings. The van der Waals surface area contributed by atoms with Gasteiger partial charge in [0.1, 0.15) is 23.2 Å². The minimum atomic E-state index is -4.81. The maximum Gasteiger partial charge on any atom is 0.422 e. The molecule has 3 heterocycles. The van der Waals surface area contributed by atoms with Gasteiger partial charge in [0.15, 0.2) is 0 Å². The number of rotatable bonds is 8. The van der Waals surface area contributed by atoms with E-state index in [2.05, 4.69) is 15.0 Å². The predicted molar refractivity (Wildman–Crippen MR) is 156 cm³/mol. The number of alkyl halides is 3. The van der Waals surface area contributed by atoms with Crippen molar-refractivity contribution in [2.24, 2.45) is 0 Å². The lowest BCUT2D eigenvalue weighted by Gasteiger charge is -2.38. The van der Waals surface area contributed by atoms with Crippen molar-refractivity contribution in [2.75, 3.05) is 51.8 Å². The molecule has 44 heavy (non-hydrogen) atoms. The Morgan fingerprint density at radius 1 is 1.16 bits per heavy atom. The van der Waals surface area contributed by atoms with Crippen LogP contribution in [0, 0.1) is 11.3 Å². The lowest BCUT2D eigenvalue weighted by Crippen LogP contribution is -2.54. The molecule has 1 aromatic carbocycles. The van der Waals surface area contributed by atoms with Crippen molar-refractivity contribution < 1.29 is 22.7 Å². The number of amides is 1. The van der Waals surface area contributed by atoms with Crippen LogP contribution in [0.2, 0.25) is 0 Å². The molecule has 2 atom stereocenters. The molecule has 0 spiro atoms. The van der Waals surface area contributed by atoms with Crippen LogP contribution >= 0.6 is 0 Å². The summed E-state index contributed by atoms with van der Waals surface area (Å²) in [5.41, 5.74) is -0.983. The van der Waals surface area contributed by atoms with Gasteiger partial charge < -0.3 is 14.5 Å². The summed E-state index contributed by atoms with van der Waals surface area (Å²) in [6.45, 7) is 4.19. The number of benzene rings is 1. The normalized spacial score (nSPS) is 17.4. The van der Waals surface area contributed by atoms with E-state index in [9.17, 15) is 22.8 Å². The van der Waals surface area contributed by atoms with Crippen LogP contribution in [0.1, 0.15) is 47.2 Å². The van der Waals surface area contributed by atoms with Crippen LogP contribution in [0.15, 0.2) is 47.4 Å². The van der Waals surface area contributed by atoms with Gasteiger partial charge in [0.25, 0.3) is 5.56 Å². The molecule has 5 rings (SSSR count). The van der Waals surface area contributed by atoms with Crippen molar-refractivity contribution in [2.45, 2.75) is 44.4 Å². The highest BCUT2D eigenvalue weighted by atomic mass is 19.4. The van der Waals surface area contributed by atoms with Crippen molar-refractivity contribution in [1.82, 2.24) is 24.6 Å². The molecule has 1 unspecified atom stereocenters. The summed E-state index contributed by atoms with van der Waals surface area (Å²) >= 11 is 0. The van der Waals surface area contributed by atoms with Gasteiger partial charge in [-0.15, -0.1) is 0 Å². The Balaban J connectivity index is 1.28. The average molecular weight is 610 g/mol. The number of anilines is 1. The second-order valence-electron chi connectivity index (χ2n) is 11.2. The van der Waals surface area contributed by atoms with Crippen molar-refractivity contribution in [3.05, 3.63) is 80.9 Å². The maximum atomic E-state index is 14.2. The highest BCUT2D eigenvalue weighted by Gasteiger charge is 2.42. The number of hydrogen-bond acceptors (Lipinski definition) is 8. The molecule has 1 saturated heterocycles. The second kappa shape index (κ2) is 12.7. The number of carbonyl (C=O) groups excluding carboxylic acids is 1. The summed E-state index contributed by atoms with van der Waals surface area (Å²) in [5.74, 6) is 0.910. The summed E-state index contributed by atoms with van der Waals surface area (Å²) < 4.78 is 48.6. The Morgan fingerprint density at radius 2 is 1.86 bits per heavy atom. The molecule has 3 aromatic rings. The number of fused-ring (bicyclic) bond motifs is 1. The Morgan fingerprint density at radius 3 is 2.45 bits per heavy atom. The minimum Gasteiger partial charge on any atom is -0.497 e. The summed E-state index contributed by atoms with van der Waals surface area (Å²) in [7, 11) is 3.30. The first-order valence-electron chi connectivity index (χ1n) is 14.4. The van der Waals surface area contributed by atoms with Gasteiger partial charge >= 0.3 is 6.18 Å². The smallest absolute Gasteiger partial charge is 0.422 e. The van der Waals surface area contributed by atoms with Crippen LogP contribution in [0.25, 0.3) is 0 Å². The topological polar surface area (TPSA) is 108 Å². The first kappa shape index (κ1) is 31.0. The van der Waals surface area contributed by atoms with Crippen LogP contribution in [0.3, 0.4) is 0 Å². The van der Waals surface area contributed by atoms with Crippen molar-refractivity contribution in [1.29, 1.82) is 5.26 Å². The second-order valence-corrected chi connectivity index (χ2v) is 11.2. The molecule has 232 valence electrons. The number of carbonyl (C=O) groups is 1. The molecule has 0 N–H and O–H groups in total. The minimum absolute atomic E-state index is 0.0432. The van der Waals surface area contributed by atoms with Crippen LogP contribution in [-0.4, -0.2) is 83.4 Å². The fourth-order valence-electron chi connectivity index (χ4n) is 5.89. The summed E-state index contributed by atoms with van der Waals surface area (Å²) in [5, 5.41) is 13.5. The lowest BCUT2D eigenvalue weighted by molar-refractivity contribution is -0.139. The number of pyridine rings is 1. The van der Waals surface area contributed by atoms with Gasteiger partial charge in [0.05, 0.1) is 31.0 Å². The monoisotopic (exact) mass is 609 g/mol. The highest BCUT2D eigenvalue weighted by molar-refractivity contribution is 5.81. The van der Waals surface area contributed by atoms with E-state index in [1.54, 1.807) is 55.3 Å². The molecular weight excluding hydrogens is 575 g/mol. The molecule has 0 saturated carbocycles.